The number of hydrogen-bond donors (Lipinski definition) is 0. The maximum atomic E-state index is 5.32. The Balaban J connectivity index is 1.81. The molecule has 0 spiro atoms. The third-order valence-electron chi connectivity index (χ3n) is 2.71. The minimum absolute atomic E-state index is 0.887. The minimum atomic E-state index is 0.887. The van der Waals surface area contributed by atoms with E-state index in [1.165, 1.54) is 10.0 Å². The number of morpholine rings is 1. The normalized spacial score (nSPS) is 17.9. The monoisotopic (exact) mass is 269 g/mol. The van der Waals surface area contributed by atoms with Gasteiger partial charge in [0.05, 0.1) is 13.2 Å². The lowest BCUT2D eigenvalue weighted by Crippen LogP contribution is -2.37. The Morgan fingerprint density at radius 2 is 2.07 bits per heavy atom. The summed E-state index contributed by atoms with van der Waals surface area (Å²) in [5, 5.41) is 0. The Kier molecular flexibility index (Phi) is 4.18. The second-order valence-electron chi connectivity index (χ2n) is 3.83. The van der Waals surface area contributed by atoms with Gasteiger partial charge in [-0.1, -0.05) is 28.1 Å². The van der Waals surface area contributed by atoms with E-state index in [0.29, 0.717) is 0 Å². The van der Waals surface area contributed by atoms with Crippen molar-refractivity contribution >= 4 is 15.9 Å². The van der Waals surface area contributed by atoms with Crippen LogP contribution in [0.3, 0.4) is 0 Å². The summed E-state index contributed by atoms with van der Waals surface area (Å²) in [6, 6.07) is 8.54. The minimum Gasteiger partial charge on any atom is -0.379 e. The first-order valence-electron chi connectivity index (χ1n) is 5.39. The molecule has 1 aliphatic rings. The number of hydrogen-bond acceptors (Lipinski definition) is 2. The third-order valence-corrected chi connectivity index (χ3v) is 3.20. The lowest BCUT2D eigenvalue weighted by Gasteiger charge is -2.26. The topological polar surface area (TPSA) is 12.5 Å². The standard InChI is InChI=1S/C12H16BrNO/c13-12-3-1-2-11(10-12)4-5-14-6-8-15-9-7-14/h1-3,10H,4-9H2. The van der Waals surface area contributed by atoms with Gasteiger partial charge in [0.1, 0.15) is 0 Å². The van der Waals surface area contributed by atoms with Crippen molar-refractivity contribution in [3.63, 3.8) is 0 Å². The van der Waals surface area contributed by atoms with E-state index < -0.39 is 0 Å². The molecule has 0 amide bonds. The van der Waals surface area contributed by atoms with Crippen LogP contribution in [0.25, 0.3) is 0 Å². The Bertz CT molecular complexity index is 310. The van der Waals surface area contributed by atoms with E-state index in [1.54, 1.807) is 0 Å². The van der Waals surface area contributed by atoms with E-state index in [2.05, 4.69) is 45.1 Å². The van der Waals surface area contributed by atoms with Crippen molar-refractivity contribution in [3.05, 3.63) is 34.3 Å². The second kappa shape index (κ2) is 5.64. The molecule has 82 valence electrons. The van der Waals surface area contributed by atoms with E-state index in [9.17, 15) is 0 Å². The van der Waals surface area contributed by atoms with Crippen molar-refractivity contribution in [1.82, 2.24) is 4.90 Å². The van der Waals surface area contributed by atoms with Gasteiger partial charge in [0.25, 0.3) is 0 Å². The fourth-order valence-corrected chi connectivity index (χ4v) is 2.25. The first kappa shape index (κ1) is 11.1. The van der Waals surface area contributed by atoms with E-state index in [4.69, 9.17) is 4.74 Å². The second-order valence-corrected chi connectivity index (χ2v) is 4.75. The van der Waals surface area contributed by atoms with Crippen LogP contribution in [0.5, 0.6) is 0 Å². The van der Waals surface area contributed by atoms with Gasteiger partial charge >= 0.3 is 0 Å². The highest BCUT2D eigenvalue weighted by molar-refractivity contribution is 9.10. The third kappa shape index (κ3) is 3.59. The zero-order valence-corrected chi connectivity index (χ0v) is 10.4. The predicted octanol–water partition coefficient (Wildman–Crippen LogP) is 2.32. The summed E-state index contributed by atoms with van der Waals surface area (Å²) in [5.74, 6) is 0. The number of rotatable bonds is 3. The Morgan fingerprint density at radius 3 is 2.80 bits per heavy atom. The van der Waals surface area contributed by atoms with Gasteiger partial charge in [-0.05, 0) is 24.1 Å². The Morgan fingerprint density at radius 1 is 1.27 bits per heavy atom. The summed E-state index contributed by atoms with van der Waals surface area (Å²) in [5.41, 5.74) is 1.40. The highest BCUT2D eigenvalue weighted by Gasteiger charge is 2.09. The van der Waals surface area contributed by atoms with Crippen LogP contribution in [0.2, 0.25) is 0 Å². The molecule has 1 aromatic carbocycles. The van der Waals surface area contributed by atoms with Gasteiger partial charge in [0.2, 0.25) is 0 Å². The predicted molar refractivity (Wildman–Crippen MR) is 65.1 cm³/mol. The molecule has 1 aromatic rings. The van der Waals surface area contributed by atoms with Gasteiger partial charge in [-0.2, -0.15) is 0 Å². The molecule has 1 heterocycles. The molecular weight excluding hydrogens is 254 g/mol. The summed E-state index contributed by atoms with van der Waals surface area (Å²) in [6.07, 6.45) is 1.12. The number of halogens is 1. The van der Waals surface area contributed by atoms with Crippen LogP contribution in [-0.4, -0.2) is 37.7 Å². The largest absolute Gasteiger partial charge is 0.379 e. The smallest absolute Gasteiger partial charge is 0.0594 e. The average Bonchev–Trinajstić information content (AvgIpc) is 2.28. The van der Waals surface area contributed by atoms with Crippen molar-refractivity contribution in [3.8, 4) is 0 Å². The molecule has 0 atom stereocenters. The highest BCUT2D eigenvalue weighted by atomic mass is 79.9. The summed E-state index contributed by atoms with van der Waals surface area (Å²) < 4.78 is 6.49. The molecule has 1 aliphatic heterocycles. The molecule has 2 rings (SSSR count). The van der Waals surface area contributed by atoms with Gasteiger partial charge in [0, 0.05) is 24.1 Å². The van der Waals surface area contributed by atoms with E-state index in [0.717, 1.165) is 39.3 Å². The van der Waals surface area contributed by atoms with Gasteiger partial charge in [-0.3, -0.25) is 4.90 Å². The first-order chi connectivity index (χ1) is 7.34. The van der Waals surface area contributed by atoms with Gasteiger partial charge in [0.15, 0.2) is 0 Å². The molecular formula is C12H16BrNO. The van der Waals surface area contributed by atoms with Crippen LogP contribution < -0.4 is 0 Å². The molecule has 0 radical (unpaired) electrons. The molecule has 1 fully saturated rings. The average molecular weight is 270 g/mol. The summed E-state index contributed by atoms with van der Waals surface area (Å²) >= 11 is 3.49. The molecule has 3 heteroatoms. The number of benzene rings is 1. The van der Waals surface area contributed by atoms with Crippen molar-refractivity contribution in [1.29, 1.82) is 0 Å². The van der Waals surface area contributed by atoms with Crippen LogP contribution in [0.4, 0.5) is 0 Å². The summed E-state index contributed by atoms with van der Waals surface area (Å²) in [6.45, 7) is 5.07. The first-order valence-corrected chi connectivity index (χ1v) is 6.18. The highest BCUT2D eigenvalue weighted by Crippen LogP contribution is 2.12. The molecule has 2 nitrogen and oxygen atoms in total. The van der Waals surface area contributed by atoms with Gasteiger partial charge in [-0.15, -0.1) is 0 Å². The SMILES string of the molecule is Brc1cccc(CCN2CCOCC2)c1. The van der Waals surface area contributed by atoms with Gasteiger partial charge in [-0.25, -0.2) is 0 Å². The lowest BCUT2D eigenvalue weighted by molar-refractivity contribution is 0.0384. The molecule has 0 saturated carbocycles. The quantitative estimate of drug-likeness (QED) is 0.835. The van der Waals surface area contributed by atoms with E-state index in [-0.39, 0.29) is 0 Å². The van der Waals surface area contributed by atoms with Gasteiger partial charge < -0.3 is 4.74 Å². The zero-order valence-electron chi connectivity index (χ0n) is 8.79. The lowest BCUT2D eigenvalue weighted by atomic mass is 10.1. The Labute approximate surface area is 99.4 Å². The summed E-state index contributed by atoms with van der Waals surface area (Å²) in [4.78, 5) is 2.46. The van der Waals surface area contributed by atoms with Crippen molar-refractivity contribution < 1.29 is 4.74 Å². The fraction of sp³-hybridized carbons (Fsp3) is 0.500. The molecule has 0 aliphatic carbocycles. The van der Waals surface area contributed by atoms with Crippen LogP contribution in [0.1, 0.15) is 5.56 Å². The zero-order chi connectivity index (χ0) is 10.5. The van der Waals surface area contributed by atoms with Crippen LogP contribution in [-0.2, 0) is 11.2 Å². The molecule has 15 heavy (non-hydrogen) atoms. The molecule has 0 N–H and O–H groups in total. The Hall–Kier alpha value is -0.380. The van der Waals surface area contributed by atoms with Crippen molar-refractivity contribution in [2.75, 3.05) is 32.8 Å². The van der Waals surface area contributed by atoms with E-state index >= 15 is 0 Å². The van der Waals surface area contributed by atoms with Crippen LogP contribution in [0.15, 0.2) is 28.7 Å². The number of nitrogens with zero attached hydrogens (tertiary/aromatic N) is 1. The van der Waals surface area contributed by atoms with Crippen LogP contribution >= 0.6 is 15.9 Å². The van der Waals surface area contributed by atoms with Crippen LogP contribution in [0, 0.1) is 0 Å². The van der Waals surface area contributed by atoms with Crippen molar-refractivity contribution in [2.24, 2.45) is 0 Å². The summed E-state index contributed by atoms with van der Waals surface area (Å²) in [7, 11) is 0. The maximum absolute atomic E-state index is 5.32. The maximum Gasteiger partial charge on any atom is 0.0594 e. The molecule has 0 aromatic heterocycles. The molecule has 0 unspecified atom stereocenters. The van der Waals surface area contributed by atoms with Crippen molar-refractivity contribution in [2.45, 2.75) is 6.42 Å². The molecule has 1 saturated heterocycles. The van der Waals surface area contributed by atoms with E-state index in [1.807, 2.05) is 0 Å². The number of ether oxygens (including phenoxy) is 1. The molecule has 0 bridgehead atoms. The fourth-order valence-electron chi connectivity index (χ4n) is 1.80.